The number of nitrogens with one attached hydrogen (secondary N) is 1. The maximum absolute atomic E-state index is 13.3. The van der Waals surface area contributed by atoms with E-state index in [0.717, 1.165) is 31.2 Å². The van der Waals surface area contributed by atoms with Crippen LogP contribution in [0.5, 0.6) is 5.75 Å². The van der Waals surface area contributed by atoms with Gasteiger partial charge in [0, 0.05) is 17.6 Å². The Morgan fingerprint density at radius 1 is 1.16 bits per heavy atom. The van der Waals surface area contributed by atoms with Crippen molar-refractivity contribution >= 4 is 23.4 Å². The first-order valence-corrected chi connectivity index (χ1v) is 11.0. The largest absolute Gasteiger partial charge is 0.484 e. The Hall–Kier alpha value is -2.60. The molecule has 2 aromatic rings. The lowest BCUT2D eigenvalue weighted by atomic mass is 9.95. The highest BCUT2D eigenvalue weighted by Gasteiger charge is 2.28. The summed E-state index contributed by atoms with van der Waals surface area (Å²) >= 11 is 5.97. The van der Waals surface area contributed by atoms with Gasteiger partial charge in [-0.2, -0.15) is 0 Å². The first-order chi connectivity index (χ1) is 14.9. The Bertz CT molecular complexity index is 885. The van der Waals surface area contributed by atoms with Gasteiger partial charge < -0.3 is 15.0 Å². The number of benzene rings is 2. The number of rotatable bonds is 8. The molecule has 2 amide bonds. The van der Waals surface area contributed by atoms with Crippen molar-refractivity contribution < 1.29 is 18.7 Å². The monoisotopic (exact) mass is 446 g/mol. The van der Waals surface area contributed by atoms with Crippen LogP contribution in [0, 0.1) is 5.82 Å². The van der Waals surface area contributed by atoms with Crippen LogP contribution in [0.4, 0.5) is 4.39 Å². The number of carbonyl (C=O) groups excluding carboxylic acids is 2. The third-order valence-electron chi connectivity index (χ3n) is 5.54. The molecule has 0 spiro atoms. The standard InChI is InChI=1S/C24H28ClFN2O3/c1-17(24(30)27-21-7-3-2-4-8-21)28(15-18-10-12-20(26)13-11-18)23(29)16-31-22-9-5-6-19(25)14-22/h5-6,9-14,17,21H,2-4,7-8,15-16H2,1H3,(H,27,30). The van der Waals surface area contributed by atoms with Gasteiger partial charge in [-0.3, -0.25) is 9.59 Å². The van der Waals surface area contributed by atoms with Crippen molar-refractivity contribution in [2.75, 3.05) is 6.61 Å². The van der Waals surface area contributed by atoms with E-state index in [1.165, 1.54) is 23.5 Å². The van der Waals surface area contributed by atoms with Gasteiger partial charge in [0.1, 0.15) is 17.6 Å². The van der Waals surface area contributed by atoms with Gasteiger partial charge in [0.15, 0.2) is 6.61 Å². The Morgan fingerprint density at radius 3 is 2.55 bits per heavy atom. The second kappa shape index (κ2) is 11.1. The summed E-state index contributed by atoms with van der Waals surface area (Å²) in [4.78, 5) is 27.4. The predicted molar refractivity (Wildman–Crippen MR) is 118 cm³/mol. The van der Waals surface area contributed by atoms with Crippen LogP contribution in [0.25, 0.3) is 0 Å². The lowest BCUT2D eigenvalue weighted by Crippen LogP contribution is -2.51. The Kier molecular flexibility index (Phi) is 8.29. The molecule has 0 bridgehead atoms. The second-order valence-electron chi connectivity index (χ2n) is 7.91. The van der Waals surface area contributed by atoms with Crippen LogP contribution < -0.4 is 10.1 Å². The van der Waals surface area contributed by atoms with E-state index in [1.54, 1.807) is 43.3 Å². The minimum Gasteiger partial charge on any atom is -0.484 e. The van der Waals surface area contributed by atoms with E-state index in [0.29, 0.717) is 10.8 Å². The molecule has 1 N–H and O–H groups in total. The van der Waals surface area contributed by atoms with Gasteiger partial charge in [0.05, 0.1) is 0 Å². The molecule has 166 valence electrons. The molecule has 7 heteroatoms. The molecule has 0 aromatic heterocycles. The van der Waals surface area contributed by atoms with Crippen molar-refractivity contribution in [3.05, 3.63) is 64.9 Å². The van der Waals surface area contributed by atoms with Gasteiger partial charge in [-0.05, 0) is 55.7 Å². The molecule has 1 aliphatic carbocycles. The molecule has 0 heterocycles. The highest BCUT2D eigenvalue weighted by atomic mass is 35.5. The fourth-order valence-corrected chi connectivity index (χ4v) is 3.90. The van der Waals surface area contributed by atoms with Crippen molar-refractivity contribution in [3.8, 4) is 5.75 Å². The van der Waals surface area contributed by atoms with Crippen LogP contribution in [-0.4, -0.2) is 35.4 Å². The van der Waals surface area contributed by atoms with Crippen LogP contribution in [-0.2, 0) is 16.1 Å². The molecule has 1 aliphatic rings. The number of ether oxygens (including phenoxy) is 1. The summed E-state index contributed by atoms with van der Waals surface area (Å²) < 4.78 is 18.9. The van der Waals surface area contributed by atoms with Crippen molar-refractivity contribution in [3.63, 3.8) is 0 Å². The van der Waals surface area contributed by atoms with E-state index < -0.39 is 6.04 Å². The quantitative estimate of drug-likeness (QED) is 0.638. The fourth-order valence-electron chi connectivity index (χ4n) is 3.72. The summed E-state index contributed by atoms with van der Waals surface area (Å²) in [7, 11) is 0. The first-order valence-electron chi connectivity index (χ1n) is 10.6. The summed E-state index contributed by atoms with van der Waals surface area (Å²) in [5, 5.41) is 3.59. The Labute approximate surface area is 187 Å². The van der Waals surface area contributed by atoms with Crippen molar-refractivity contribution in [2.45, 2.75) is 57.7 Å². The van der Waals surface area contributed by atoms with E-state index >= 15 is 0 Å². The van der Waals surface area contributed by atoms with E-state index in [9.17, 15) is 14.0 Å². The maximum Gasteiger partial charge on any atom is 0.261 e. The third kappa shape index (κ3) is 6.96. The number of carbonyl (C=O) groups is 2. The summed E-state index contributed by atoms with van der Waals surface area (Å²) in [6, 6.07) is 12.1. The SMILES string of the molecule is CC(C(=O)NC1CCCCC1)N(Cc1ccc(F)cc1)C(=O)COc1cccc(Cl)c1. The summed E-state index contributed by atoms with van der Waals surface area (Å²) in [6.07, 6.45) is 5.32. The average Bonchev–Trinajstić information content (AvgIpc) is 2.77. The second-order valence-corrected chi connectivity index (χ2v) is 8.35. The summed E-state index contributed by atoms with van der Waals surface area (Å²) in [6.45, 7) is 1.65. The lowest BCUT2D eigenvalue weighted by Gasteiger charge is -2.31. The van der Waals surface area contributed by atoms with E-state index in [-0.39, 0.29) is 36.8 Å². The molecule has 1 unspecified atom stereocenters. The van der Waals surface area contributed by atoms with Gasteiger partial charge in [-0.15, -0.1) is 0 Å². The van der Waals surface area contributed by atoms with E-state index in [1.807, 2.05) is 0 Å². The molecule has 5 nitrogen and oxygen atoms in total. The summed E-state index contributed by atoms with van der Waals surface area (Å²) in [5.74, 6) is -0.406. The smallest absolute Gasteiger partial charge is 0.261 e. The van der Waals surface area contributed by atoms with Crippen LogP contribution in [0.3, 0.4) is 0 Å². The van der Waals surface area contributed by atoms with Gasteiger partial charge in [0.2, 0.25) is 5.91 Å². The van der Waals surface area contributed by atoms with Gasteiger partial charge in [-0.1, -0.05) is 49.1 Å². The number of nitrogens with zero attached hydrogens (tertiary/aromatic N) is 1. The van der Waals surface area contributed by atoms with Gasteiger partial charge in [-0.25, -0.2) is 4.39 Å². The molecule has 0 radical (unpaired) electrons. The van der Waals surface area contributed by atoms with Crippen molar-refractivity contribution in [1.29, 1.82) is 0 Å². The number of halogens is 2. The predicted octanol–water partition coefficient (Wildman–Crippen LogP) is 4.72. The summed E-state index contributed by atoms with van der Waals surface area (Å²) in [5.41, 5.74) is 0.731. The van der Waals surface area contributed by atoms with Gasteiger partial charge >= 0.3 is 0 Å². The van der Waals surface area contributed by atoms with E-state index in [2.05, 4.69) is 5.32 Å². The number of amides is 2. The Balaban J connectivity index is 1.70. The van der Waals surface area contributed by atoms with Crippen LogP contribution in [0.2, 0.25) is 5.02 Å². The molecule has 1 saturated carbocycles. The Morgan fingerprint density at radius 2 is 1.87 bits per heavy atom. The number of hydrogen-bond acceptors (Lipinski definition) is 3. The zero-order chi connectivity index (χ0) is 22.2. The molecule has 0 aliphatic heterocycles. The van der Waals surface area contributed by atoms with Crippen molar-refractivity contribution in [2.24, 2.45) is 0 Å². The molecule has 3 rings (SSSR count). The van der Waals surface area contributed by atoms with E-state index in [4.69, 9.17) is 16.3 Å². The van der Waals surface area contributed by atoms with Crippen LogP contribution in [0.15, 0.2) is 48.5 Å². The minimum atomic E-state index is -0.692. The van der Waals surface area contributed by atoms with Gasteiger partial charge in [0.25, 0.3) is 5.91 Å². The van der Waals surface area contributed by atoms with Crippen LogP contribution >= 0.6 is 11.6 Å². The first kappa shape index (κ1) is 23.1. The molecule has 0 saturated heterocycles. The molecule has 2 aromatic carbocycles. The maximum atomic E-state index is 13.3. The van der Waals surface area contributed by atoms with Crippen LogP contribution in [0.1, 0.15) is 44.6 Å². The normalized spacial score (nSPS) is 15.2. The molecule has 1 fully saturated rings. The molecular formula is C24H28ClFN2O3. The molecule has 1 atom stereocenters. The molecular weight excluding hydrogens is 419 g/mol. The topological polar surface area (TPSA) is 58.6 Å². The highest BCUT2D eigenvalue weighted by Crippen LogP contribution is 2.19. The third-order valence-corrected chi connectivity index (χ3v) is 5.78. The lowest BCUT2D eigenvalue weighted by molar-refractivity contribution is -0.142. The number of hydrogen-bond donors (Lipinski definition) is 1. The van der Waals surface area contributed by atoms with Crippen molar-refractivity contribution in [1.82, 2.24) is 10.2 Å². The minimum absolute atomic E-state index is 0.147. The highest BCUT2D eigenvalue weighted by molar-refractivity contribution is 6.30. The zero-order valence-corrected chi connectivity index (χ0v) is 18.4. The zero-order valence-electron chi connectivity index (χ0n) is 17.7. The fraction of sp³-hybridized carbons (Fsp3) is 0.417. The molecule has 31 heavy (non-hydrogen) atoms. The average molecular weight is 447 g/mol.